The number of carbonyl (C=O) groups is 2. The molecule has 2 rings (SSSR count). The Labute approximate surface area is 128 Å². The molecule has 0 bridgehead atoms. The van der Waals surface area contributed by atoms with Crippen LogP contribution in [0.4, 0.5) is 9.80 Å². The number of thiophene rings is 1. The molecule has 0 fully saturated rings. The third kappa shape index (κ3) is 3.52. The van der Waals surface area contributed by atoms with Crippen LogP contribution in [0.1, 0.15) is 29.1 Å². The molecule has 2 aromatic rings. The molecular weight excluding hydrogens is 312 g/mol. The largest absolute Gasteiger partial charge is 0.478 e. The van der Waals surface area contributed by atoms with E-state index in [0.717, 1.165) is 16.0 Å². The summed E-state index contributed by atoms with van der Waals surface area (Å²) in [5.41, 5.74) is 0.935. The van der Waals surface area contributed by atoms with Gasteiger partial charge >= 0.3 is 23.1 Å². The van der Waals surface area contributed by atoms with Crippen molar-refractivity contribution in [3.05, 3.63) is 37.2 Å². The molecule has 9 nitrogen and oxygen atoms in total. The second kappa shape index (κ2) is 6.02. The fourth-order valence-electron chi connectivity index (χ4n) is 1.59. The molecule has 0 saturated carbocycles. The van der Waals surface area contributed by atoms with Crippen molar-refractivity contribution in [2.45, 2.75) is 26.4 Å². The predicted molar refractivity (Wildman–Crippen MR) is 80.2 cm³/mol. The van der Waals surface area contributed by atoms with E-state index in [-0.39, 0.29) is 29.2 Å². The van der Waals surface area contributed by atoms with Crippen molar-refractivity contribution >= 4 is 28.3 Å². The van der Waals surface area contributed by atoms with E-state index < -0.39 is 17.1 Å². The van der Waals surface area contributed by atoms with Crippen LogP contribution in [-0.2, 0) is 6.54 Å². The van der Waals surface area contributed by atoms with Crippen LogP contribution in [0.25, 0.3) is 0 Å². The van der Waals surface area contributed by atoms with Crippen LogP contribution in [0.15, 0.2) is 15.7 Å². The molecule has 0 atom stereocenters. The van der Waals surface area contributed by atoms with E-state index in [2.05, 4.69) is 16.1 Å². The van der Waals surface area contributed by atoms with Crippen LogP contribution < -0.4 is 27.2 Å². The van der Waals surface area contributed by atoms with E-state index in [1.165, 1.54) is 6.07 Å². The quantitative estimate of drug-likeness (QED) is 0.550. The molecule has 2 amide bonds. The Morgan fingerprint density at radius 2 is 1.95 bits per heavy atom. The summed E-state index contributed by atoms with van der Waals surface area (Å²) in [4.78, 5) is 45.1. The van der Waals surface area contributed by atoms with E-state index in [0.29, 0.717) is 4.88 Å². The Kier molecular flexibility index (Phi) is 4.31. The molecular formula is C12H14N4O5S. The van der Waals surface area contributed by atoms with Gasteiger partial charge in [0.05, 0.1) is 12.1 Å². The fourth-order valence-corrected chi connectivity index (χ4v) is 2.57. The molecule has 0 unspecified atom stereocenters. The van der Waals surface area contributed by atoms with Gasteiger partial charge in [-0.3, -0.25) is 15.0 Å². The molecule has 0 aliphatic heterocycles. The summed E-state index contributed by atoms with van der Waals surface area (Å²) in [6.07, 6.45) is 0. The molecule has 0 aliphatic rings. The second-order valence-corrected chi connectivity index (χ2v) is 5.94. The highest BCUT2D eigenvalue weighted by molar-refractivity contribution is 7.16. The smallest absolute Gasteiger partial charge is 0.340 e. The van der Waals surface area contributed by atoms with Crippen LogP contribution in [0, 0.1) is 0 Å². The van der Waals surface area contributed by atoms with E-state index >= 15 is 0 Å². The molecule has 22 heavy (non-hydrogen) atoms. The summed E-state index contributed by atoms with van der Waals surface area (Å²) in [6.45, 7) is 3.76. The van der Waals surface area contributed by atoms with Gasteiger partial charge < -0.3 is 15.7 Å². The molecule has 0 saturated heterocycles. The van der Waals surface area contributed by atoms with Crippen LogP contribution in [0.3, 0.4) is 0 Å². The first-order chi connectivity index (χ1) is 10.3. The standard InChI is InChI=1S/C12H14N4O5S/c1-5(2)14-12(21)13-4-6-3-7(11(19)20)8(22-6)15-16-9(17)10(16)18/h3,5,15H,4H2,1-2H3,(H,19,20)(H2,13,14,21). The third-order valence-corrected chi connectivity index (χ3v) is 3.65. The number of rotatable bonds is 6. The van der Waals surface area contributed by atoms with Crippen molar-refractivity contribution < 1.29 is 14.7 Å². The van der Waals surface area contributed by atoms with Crippen molar-refractivity contribution in [2.24, 2.45) is 0 Å². The molecule has 118 valence electrons. The monoisotopic (exact) mass is 326 g/mol. The number of amides is 2. The van der Waals surface area contributed by atoms with Crippen LogP contribution >= 0.6 is 11.3 Å². The van der Waals surface area contributed by atoms with Gasteiger partial charge in [-0.2, -0.15) is 4.68 Å². The number of hydrogen-bond acceptors (Lipinski definition) is 6. The highest BCUT2D eigenvalue weighted by atomic mass is 32.1. The summed E-state index contributed by atoms with van der Waals surface area (Å²) in [7, 11) is 0. The lowest BCUT2D eigenvalue weighted by Crippen LogP contribution is -2.38. The van der Waals surface area contributed by atoms with Gasteiger partial charge in [0.2, 0.25) is 0 Å². The number of aromatic carboxylic acids is 1. The van der Waals surface area contributed by atoms with Crippen LogP contribution in [0.5, 0.6) is 0 Å². The number of nitrogens with zero attached hydrogens (tertiary/aromatic N) is 1. The molecule has 0 aromatic carbocycles. The van der Waals surface area contributed by atoms with Gasteiger partial charge in [0.1, 0.15) is 5.00 Å². The Morgan fingerprint density at radius 1 is 1.32 bits per heavy atom. The zero-order valence-electron chi connectivity index (χ0n) is 11.8. The Bertz CT molecular complexity index is 758. The lowest BCUT2D eigenvalue weighted by Gasteiger charge is -2.08. The molecule has 0 aliphatic carbocycles. The predicted octanol–water partition coefficient (Wildman–Crippen LogP) is -0.0734. The zero-order chi connectivity index (χ0) is 16.4. The zero-order valence-corrected chi connectivity index (χ0v) is 12.6. The number of urea groups is 1. The Hall–Kier alpha value is -2.62. The summed E-state index contributed by atoms with van der Waals surface area (Å²) in [6, 6.07) is 0.990. The average molecular weight is 326 g/mol. The SMILES string of the molecule is CC(C)NC(=O)NCc1cc(C(=O)O)c(Nn2c(=O)c2=O)s1. The minimum Gasteiger partial charge on any atom is -0.478 e. The number of nitrogens with one attached hydrogen (secondary N) is 3. The number of anilines is 1. The van der Waals surface area contributed by atoms with E-state index in [1.807, 2.05) is 13.8 Å². The first kappa shape index (κ1) is 15.8. The van der Waals surface area contributed by atoms with Crippen LogP contribution in [-0.4, -0.2) is 27.8 Å². The van der Waals surface area contributed by atoms with Gasteiger partial charge in [-0.25, -0.2) is 9.59 Å². The first-order valence-corrected chi connectivity index (χ1v) is 7.16. The average Bonchev–Trinajstić information content (AvgIpc) is 2.85. The summed E-state index contributed by atoms with van der Waals surface area (Å²) >= 11 is 1.04. The van der Waals surface area contributed by atoms with Gasteiger partial charge in [0, 0.05) is 10.9 Å². The highest BCUT2D eigenvalue weighted by Gasteiger charge is 2.21. The molecule has 0 radical (unpaired) electrons. The second-order valence-electron chi connectivity index (χ2n) is 4.80. The van der Waals surface area contributed by atoms with Crippen molar-refractivity contribution in [3.63, 3.8) is 0 Å². The summed E-state index contributed by atoms with van der Waals surface area (Å²) in [5, 5.41) is 14.5. The molecule has 0 spiro atoms. The number of hydrogen-bond donors (Lipinski definition) is 4. The maximum Gasteiger partial charge on any atom is 0.340 e. The van der Waals surface area contributed by atoms with Gasteiger partial charge in [-0.05, 0) is 19.9 Å². The number of aromatic nitrogens is 1. The molecule has 10 heteroatoms. The fraction of sp³-hybridized carbons (Fsp3) is 0.333. The highest BCUT2D eigenvalue weighted by Crippen LogP contribution is 2.28. The Balaban J connectivity index is 2.08. The Morgan fingerprint density at radius 3 is 2.45 bits per heavy atom. The molecule has 4 N–H and O–H groups in total. The van der Waals surface area contributed by atoms with E-state index in [4.69, 9.17) is 5.11 Å². The first-order valence-electron chi connectivity index (χ1n) is 6.35. The topological polar surface area (TPSA) is 130 Å². The van der Waals surface area contributed by atoms with Gasteiger partial charge in [-0.15, -0.1) is 11.3 Å². The number of carbonyl (C=O) groups excluding carboxylic acids is 1. The normalized spacial score (nSPS) is 10.9. The van der Waals surface area contributed by atoms with Crippen molar-refractivity contribution in [3.8, 4) is 0 Å². The summed E-state index contributed by atoms with van der Waals surface area (Å²) < 4.78 is 0.723. The third-order valence-electron chi connectivity index (χ3n) is 2.61. The van der Waals surface area contributed by atoms with Crippen LogP contribution in [0.2, 0.25) is 0 Å². The maximum absolute atomic E-state index is 11.5. The van der Waals surface area contributed by atoms with Crippen molar-refractivity contribution in [1.29, 1.82) is 0 Å². The van der Waals surface area contributed by atoms with E-state index in [1.54, 1.807) is 0 Å². The lowest BCUT2D eigenvalue weighted by molar-refractivity contribution is 0.0698. The maximum atomic E-state index is 11.5. The van der Waals surface area contributed by atoms with Gasteiger partial charge in [0.25, 0.3) is 0 Å². The minimum atomic E-state index is -1.20. The number of carboxylic acids is 1. The van der Waals surface area contributed by atoms with Gasteiger partial charge in [-0.1, -0.05) is 0 Å². The van der Waals surface area contributed by atoms with Crippen molar-refractivity contribution in [1.82, 2.24) is 15.3 Å². The number of carboxylic acid groups (broad SMARTS) is 1. The summed E-state index contributed by atoms with van der Waals surface area (Å²) in [5.74, 6) is -1.20. The van der Waals surface area contributed by atoms with Crippen molar-refractivity contribution in [2.75, 3.05) is 5.43 Å². The molecule has 2 aromatic heterocycles. The van der Waals surface area contributed by atoms with E-state index in [9.17, 15) is 19.2 Å². The molecule has 2 heterocycles. The van der Waals surface area contributed by atoms with Gasteiger partial charge in [0.15, 0.2) is 0 Å². The minimum absolute atomic E-state index is 0.0187. The lowest BCUT2D eigenvalue weighted by atomic mass is 10.3.